The molecule has 1 aliphatic carbocycles. The summed E-state index contributed by atoms with van der Waals surface area (Å²) < 4.78 is 36.6. The highest BCUT2D eigenvalue weighted by Gasteiger charge is 2.39. The van der Waals surface area contributed by atoms with Crippen LogP contribution in [0.3, 0.4) is 0 Å². The number of carbonyl (C=O) groups is 1. The van der Waals surface area contributed by atoms with Gasteiger partial charge in [0.25, 0.3) is 5.91 Å². The van der Waals surface area contributed by atoms with Crippen LogP contribution < -0.4 is 5.32 Å². The lowest BCUT2D eigenvalue weighted by Gasteiger charge is -2.33. The van der Waals surface area contributed by atoms with Gasteiger partial charge >= 0.3 is 0 Å². The van der Waals surface area contributed by atoms with Crippen molar-refractivity contribution in [3.63, 3.8) is 0 Å². The molecule has 0 aromatic carbocycles. The normalized spacial score (nSPS) is 19.5. The highest BCUT2D eigenvalue weighted by Crippen LogP contribution is 2.41. The van der Waals surface area contributed by atoms with Gasteiger partial charge < -0.3 is 10.1 Å². The van der Waals surface area contributed by atoms with E-state index in [1.165, 1.54) is 5.57 Å². The standard InChI is InChI=1S/C25H30F2N6O2/c1-3-32-21(6-11-28-32)24(34)30-23(18-4-9-25(26,27)10-5-18)20-15-33-22(29-20)14-19(16(2)31-33)17-7-12-35-13-8-17/h6-7,11,14-15,18,23H,3-5,8-10,12-13H2,1-2H3,(H,30,34). The van der Waals surface area contributed by atoms with E-state index in [9.17, 15) is 13.6 Å². The number of amides is 1. The van der Waals surface area contributed by atoms with Gasteiger partial charge in [0.2, 0.25) is 5.92 Å². The van der Waals surface area contributed by atoms with Crippen LogP contribution in [0.15, 0.2) is 30.6 Å². The minimum atomic E-state index is -2.66. The molecular formula is C25H30F2N6O2. The maximum absolute atomic E-state index is 13.9. The fourth-order valence-corrected chi connectivity index (χ4v) is 5.10. The monoisotopic (exact) mass is 484 g/mol. The number of fused-ring (bicyclic) bond motifs is 1. The Morgan fingerprint density at radius 2 is 2.14 bits per heavy atom. The molecule has 186 valence electrons. The number of aromatic nitrogens is 5. The van der Waals surface area contributed by atoms with E-state index in [1.54, 1.807) is 27.7 Å². The summed E-state index contributed by atoms with van der Waals surface area (Å²) in [4.78, 5) is 18.0. The molecule has 1 aliphatic heterocycles. The first kappa shape index (κ1) is 23.6. The van der Waals surface area contributed by atoms with Gasteiger partial charge in [-0.05, 0) is 56.7 Å². The molecule has 4 heterocycles. The third kappa shape index (κ3) is 4.84. The fourth-order valence-electron chi connectivity index (χ4n) is 5.10. The highest BCUT2D eigenvalue weighted by molar-refractivity contribution is 5.92. The first-order chi connectivity index (χ1) is 16.8. The molecule has 2 aliphatic rings. The van der Waals surface area contributed by atoms with Gasteiger partial charge in [-0.2, -0.15) is 10.2 Å². The number of carbonyl (C=O) groups excluding carboxylic acids is 1. The molecule has 35 heavy (non-hydrogen) atoms. The van der Waals surface area contributed by atoms with Gasteiger partial charge in [0, 0.05) is 31.1 Å². The van der Waals surface area contributed by atoms with Crippen LogP contribution in [0.25, 0.3) is 11.2 Å². The number of halogens is 2. The number of ether oxygens (including phenoxy) is 1. The van der Waals surface area contributed by atoms with E-state index in [-0.39, 0.29) is 24.7 Å². The van der Waals surface area contributed by atoms with Crippen LogP contribution in [0.1, 0.15) is 72.5 Å². The first-order valence-corrected chi connectivity index (χ1v) is 12.2. The number of nitrogens with one attached hydrogen (secondary N) is 1. The Morgan fingerprint density at radius 1 is 1.34 bits per heavy atom. The van der Waals surface area contributed by atoms with Gasteiger partial charge in [0.05, 0.1) is 36.8 Å². The zero-order valence-corrected chi connectivity index (χ0v) is 20.0. The minimum Gasteiger partial charge on any atom is -0.377 e. The second kappa shape index (κ2) is 9.49. The van der Waals surface area contributed by atoms with Crippen molar-refractivity contribution in [2.45, 2.75) is 64.5 Å². The van der Waals surface area contributed by atoms with Crippen molar-refractivity contribution in [3.8, 4) is 0 Å². The van der Waals surface area contributed by atoms with E-state index in [0.717, 1.165) is 17.7 Å². The average Bonchev–Trinajstić information content (AvgIpc) is 3.49. The van der Waals surface area contributed by atoms with Crippen LogP contribution in [0.5, 0.6) is 0 Å². The molecule has 5 rings (SSSR count). The molecule has 1 saturated carbocycles. The highest BCUT2D eigenvalue weighted by atomic mass is 19.3. The molecule has 3 aromatic heterocycles. The summed E-state index contributed by atoms with van der Waals surface area (Å²) in [6, 6.07) is 3.16. The molecule has 10 heteroatoms. The summed E-state index contributed by atoms with van der Waals surface area (Å²) in [5.74, 6) is -3.10. The summed E-state index contributed by atoms with van der Waals surface area (Å²) in [7, 11) is 0. The van der Waals surface area contributed by atoms with Crippen LogP contribution in [-0.2, 0) is 11.3 Å². The van der Waals surface area contributed by atoms with E-state index in [1.807, 2.05) is 19.9 Å². The molecule has 0 radical (unpaired) electrons. The molecule has 1 fully saturated rings. The van der Waals surface area contributed by atoms with E-state index in [0.29, 0.717) is 49.6 Å². The third-order valence-electron chi connectivity index (χ3n) is 7.05. The van der Waals surface area contributed by atoms with Crippen molar-refractivity contribution in [1.29, 1.82) is 0 Å². The smallest absolute Gasteiger partial charge is 0.270 e. The first-order valence-electron chi connectivity index (χ1n) is 12.2. The molecule has 8 nitrogen and oxygen atoms in total. The summed E-state index contributed by atoms with van der Waals surface area (Å²) in [5.41, 5.74) is 4.81. The molecule has 1 amide bonds. The van der Waals surface area contributed by atoms with Crippen LogP contribution >= 0.6 is 0 Å². The lowest BCUT2D eigenvalue weighted by Crippen LogP contribution is -2.38. The Morgan fingerprint density at radius 3 is 2.86 bits per heavy atom. The molecule has 1 unspecified atom stereocenters. The van der Waals surface area contributed by atoms with Crippen LogP contribution in [0, 0.1) is 12.8 Å². The predicted molar refractivity (Wildman–Crippen MR) is 126 cm³/mol. The van der Waals surface area contributed by atoms with Crippen molar-refractivity contribution in [2.24, 2.45) is 5.92 Å². The molecule has 1 atom stereocenters. The third-order valence-corrected chi connectivity index (χ3v) is 7.05. The molecule has 3 aromatic rings. The average molecular weight is 485 g/mol. The topological polar surface area (TPSA) is 86.3 Å². The Bertz CT molecular complexity index is 1250. The Balaban J connectivity index is 1.49. The second-order valence-electron chi connectivity index (χ2n) is 9.34. The summed E-state index contributed by atoms with van der Waals surface area (Å²) >= 11 is 0. The number of rotatable bonds is 6. The van der Waals surface area contributed by atoms with Gasteiger partial charge in [-0.3, -0.25) is 9.48 Å². The van der Waals surface area contributed by atoms with Crippen molar-refractivity contribution >= 4 is 17.1 Å². The number of nitrogens with zero attached hydrogens (tertiary/aromatic N) is 5. The summed E-state index contributed by atoms with van der Waals surface area (Å²) in [5, 5.41) is 12.0. The zero-order valence-electron chi connectivity index (χ0n) is 20.0. The largest absolute Gasteiger partial charge is 0.377 e. The van der Waals surface area contributed by atoms with Crippen LogP contribution in [-0.4, -0.2) is 49.4 Å². The maximum atomic E-state index is 13.9. The lowest BCUT2D eigenvalue weighted by molar-refractivity contribution is -0.0495. The molecule has 1 N–H and O–H groups in total. The van der Waals surface area contributed by atoms with Gasteiger partial charge in [0.15, 0.2) is 5.65 Å². The van der Waals surface area contributed by atoms with E-state index >= 15 is 0 Å². The lowest BCUT2D eigenvalue weighted by atomic mass is 9.81. The number of imidazole rings is 1. The van der Waals surface area contributed by atoms with E-state index in [2.05, 4.69) is 16.5 Å². The molecule has 0 saturated heterocycles. The van der Waals surface area contributed by atoms with E-state index < -0.39 is 12.0 Å². The molecular weight excluding hydrogens is 454 g/mol. The Kier molecular flexibility index (Phi) is 6.39. The predicted octanol–water partition coefficient (Wildman–Crippen LogP) is 4.35. The van der Waals surface area contributed by atoms with Gasteiger partial charge in [0.1, 0.15) is 5.69 Å². The minimum absolute atomic E-state index is 0.153. The van der Waals surface area contributed by atoms with Gasteiger partial charge in [-0.15, -0.1) is 0 Å². The molecule has 0 spiro atoms. The number of hydrogen-bond donors (Lipinski definition) is 1. The number of hydrogen-bond acceptors (Lipinski definition) is 5. The Labute approximate surface area is 202 Å². The summed E-state index contributed by atoms with van der Waals surface area (Å²) in [6.45, 7) is 5.67. The van der Waals surface area contributed by atoms with Crippen molar-refractivity contribution in [3.05, 3.63) is 53.2 Å². The number of aryl methyl sites for hydroxylation is 2. The van der Waals surface area contributed by atoms with Crippen molar-refractivity contribution < 1.29 is 18.3 Å². The second-order valence-corrected chi connectivity index (χ2v) is 9.34. The van der Waals surface area contributed by atoms with E-state index in [4.69, 9.17) is 14.8 Å². The summed E-state index contributed by atoms with van der Waals surface area (Å²) in [6.07, 6.45) is 6.50. The van der Waals surface area contributed by atoms with Crippen LogP contribution in [0.2, 0.25) is 0 Å². The van der Waals surface area contributed by atoms with Gasteiger partial charge in [-0.1, -0.05) is 6.08 Å². The van der Waals surface area contributed by atoms with Crippen molar-refractivity contribution in [1.82, 2.24) is 29.7 Å². The SMILES string of the molecule is CCn1nccc1C(=O)NC(c1cn2nc(C)c(C3=CCOCC3)cc2n1)C1CCC(F)(F)CC1. The van der Waals surface area contributed by atoms with Crippen molar-refractivity contribution in [2.75, 3.05) is 13.2 Å². The maximum Gasteiger partial charge on any atom is 0.270 e. The molecule has 0 bridgehead atoms. The quantitative estimate of drug-likeness (QED) is 0.562. The zero-order chi connectivity index (χ0) is 24.6. The Hall–Kier alpha value is -3.14. The number of alkyl halides is 2. The van der Waals surface area contributed by atoms with Gasteiger partial charge in [-0.25, -0.2) is 18.3 Å². The van der Waals surface area contributed by atoms with Crippen LogP contribution in [0.4, 0.5) is 8.78 Å². The fraction of sp³-hybridized carbons (Fsp3) is 0.520.